The number of benzene rings is 1. The minimum atomic E-state index is -0.394. The summed E-state index contributed by atoms with van der Waals surface area (Å²) < 4.78 is 5.22. The first kappa shape index (κ1) is 11.2. The van der Waals surface area contributed by atoms with Gasteiger partial charge in [0.2, 0.25) is 0 Å². The monoisotopic (exact) mass is 215 g/mol. The van der Waals surface area contributed by atoms with Gasteiger partial charge in [-0.05, 0) is 29.5 Å². The van der Waals surface area contributed by atoms with Gasteiger partial charge in [-0.25, -0.2) is 0 Å². The summed E-state index contributed by atoms with van der Waals surface area (Å²) in [5, 5.41) is 9.31. The minimum absolute atomic E-state index is 0.394. The zero-order valence-electron chi connectivity index (χ0n) is 10.1. The number of rotatable bonds is 2. The van der Waals surface area contributed by atoms with Crippen LogP contribution in [0.25, 0.3) is 0 Å². The standard InChI is InChI=1S/C14H17NO/c1-10(2)12-5-4-11(3)13(6-12)14(7-15)8-16-9-14/h4-6,10H,8-9H2,1-3H3. The fourth-order valence-corrected chi connectivity index (χ4v) is 2.10. The molecule has 1 aliphatic rings. The number of aryl methyl sites for hydroxylation is 1. The van der Waals surface area contributed by atoms with E-state index in [4.69, 9.17) is 4.74 Å². The van der Waals surface area contributed by atoms with Gasteiger partial charge in [0.25, 0.3) is 0 Å². The van der Waals surface area contributed by atoms with Crippen molar-refractivity contribution >= 4 is 0 Å². The van der Waals surface area contributed by atoms with Crippen molar-refractivity contribution in [1.82, 2.24) is 0 Å². The third kappa shape index (κ3) is 1.62. The Kier molecular flexibility index (Phi) is 2.73. The highest BCUT2D eigenvalue weighted by Gasteiger charge is 2.41. The van der Waals surface area contributed by atoms with Crippen LogP contribution in [0.3, 0.4) is 0 Å². The Morgan fingerprint density at radius 2 is 2.06 bits per heavy atom. The first-order chi connectivity index (χ1) is 7.59. The molecule has 0 radical (unpaired) electrons. The first-order valence-electron chi connectivity index (χ1n) is 5.69. The van der Waals surface area contributed by atoms with Gasteiger partial charge in [0.1, 0.15) is 5.41 Å². The SMILES string of the molecule is Cc1ccc(C(C)C)cc1C1(C#N)COC1. The molecular formula is C14H17NO. The van der Waals surface area contributed by atoms with Gasteiger partial charge < -0.3 is 4.74 Å². The van der Waals surface area contributed by atoms with Gasteiger partial charge in [-0.3, -0.25) is 0 Å². The molecule has 0 N–H and O–H groups in total. The number of hydrogen-bond acceptors (Lipinski definition) is 2. The molecule has 0 spiro atoms. The predicted octanol–water partition coefficient (Wildman–Crippen LogP) is 2.91. The van der Waals surface area contributed by atoms with Gasteiger partial charge in [0.15, 0.2) is 0 Å². The summed E-state index contributed by atoms with van der Waals surface area (Å²) >= 11 is 0. The molecule has 1 fully saturated rings. The van der Waals surface area contributed by atoms with Crippen LogP contribution in [-0.4, -0.2) is 13.2 Å². The van der Waals surface area contributed by atoms with E-state index in [1.807, 2.05) is 0 Å². The van der Waals surface area contributed by atoms with Crippen LogP contribution in [0.15, 0.2) is 18.2 Å². The van der Waals surface area contributed by atoms with Gasteiger partial charge in [0.05, 0.1) is 19.3 Å². The third-order valence-electron chi connectivity index (χ3n) is 3.35. The number of ether oxygens (including phenoxy) is 1. The Morgan fingerprint density at radius 3 is 2.50 bits per heavy atom. The van der Waals surface area contributed by atoms with Crippen LogP contribution in [-0.2, 0) is 10.2 Å². The summed E-state index contributed by atoms with van der Waals surface area (Å²) in [4.78, 5) is 0. The van der Waals surface area contributed by atoms with Crippen molar-refractivity contribution in [2.75, 3.05) is 13.2 Å². The van der Waals surface area contributed by atoms with Crippen molar-refractivity contribution in [3.05, 3.63) is 34.9 Å². The summed E-state index contributed by atoms with van der Waals surface area (Å²) in [5.74, 6) is 0.496. The molecule has 0 unspecified atom stereocenters. The van der Waals surface area contributed by atoms with Gasteiger partial charge >= 0.3 is 0 Å². The average molecular weight is 215 g/mol. The van der Waals surface area contributed by atoms with Gasteiger partial charge in [-0.2, -0.15) is 5.26 Å². The lowest BCUT2D eigenvalue weighted by molar-refractivity contribution is -0.0301. The highest BCUT2D eigenvalue weighted by atomic mass is 16.5. The van der Waals surface area contributed by atoms with Gasteiger partial charge in [-0.1, -0.05) is 32.0 Å². The maximum Gasteiger partial charge on any atom is 0.129 e. The van der Waals surface area contributed by atoms with Crippen molar-refractivity contribution < 1.29 is 4.74 Å². The normalized spacial score (nSPS) is 17.9. The van der Waals surface area contributed by atoms with E-state index in [0.717, 1.165) is 5.56 Å². The maximum absolute atomic E-state index is 9.31. The topological polar surface area (TPSA) is 33.0 Å². The number of nitrogens with zero attached hydrogens (tertiary/aromatic N) is 1. The molecule has 1 aromatic rings. The zero-order valence-corrected chi connectivity index (χ0v) is 10.1. The molecule has 0 atom stereocenters. The molecule has 2 nitrogen and oxygen atoms in total. The van der Waals surface area contributed by atoms with E-state index in [1.165, 1.54) is 11.1 Å². The summed E-state index contributed by atoms with van der Waals surface area (Å²) in [5.41, 5.74) is 3.23. The number of hydrogen-bond donors (Lipinski definition) is 0. The van der Waals surface area contributed by atoms with Gasteiger partial charge in [-0.15, -0.1) is 0 Å². The maximum atomic E-state index is 9.31. The lowest BCUT2D eigenvalue weighted by atomic mass is 9.77. The van der Waals surface area contributed by atoms with E-state index in [2.05, 4.69) is 45.0 Å². The lowest BCUT2D eigenvalue weighted by Crippen LogP contribution is -2.46. The summed E-state index contributed by atoms with van der Waals surface area (Å²) in [7, 11) is 0. The molecule has 2 heteroatoms. The Labute approximate surface area is 96.9 Å². The molecule has 0 bridgehead atoms. The van der Waals surface area contributed by atoms with E-state index in [-0.39, 0.29) is 0 Å². The van der Waals surface area contributed by atoms with E-state index in [0.29, 0.717) is 19.1 Å². The van der Waals surface area contributed by atoms with Crippen molar-refractivity contribution in [3.8, 4) is 6.07 Å². The molecular weight excluding hydrogens is 198 g/mol. The summed E-state index contributed by atoms with van der Waals surface area (Å²) in [6.07, 6.45) is 0. The molecule has 16 heavy (non-hydrogen) atoms. The summed E-state index contributed by atoms with van der Waals surface area (Å²) in [6, 6.07) is 8.85. The molecule has 0 saturated carbocycles. The molecule has 0 amide bonds. The molecule has 2 rings (SSSR count). The highest BCUT2D eigenvalue weighted by Crippen LogP contribution is 2.35. The molecule has 1 aromatic carbocycles. The first-order valence-corrected chi connectivity index (χ1v) is 5.69. The second-order valence-electron chi connectivity index (χ2n) is 4.92. The second-order valence-corrected chi connectivity index (χ2v) is 4.92. The van der Waals surface area contributed by atoms with Crippen molar-refractivity contribution in [1.29, 1.82) is 5.26 Å². The highest BCUT2D eigenvalue weighted by molar-refractivity contribution is 5.43. The van der Waals surface area contributed by atoms with Crippen LogP contribution in [0.2, 0.25) is 0 Å². The van der Waals surface area contributed by atoms with Crippen LogP contribution < -0.4 is 0 Å². The smallest absolute Gasteiger partial charge is 0.129 e. The Morgan fingerprint density at radius 1 is 1.38 bits per heavy atom. The van der Waals surface area contributed by atoms with Crippen LogP contribution in [0.4, 0.5) is 0 Å². The minimum Gasteiger partial charge on any atom is -0.377 e. The quantitative estimate of drug-likeness (QED) is 0.760. The molecule has 1 saturated heterocycles. The largest absolute Gasteiger partial charge is 0.377 e. The van der Waals surface area contributed by atoms with Crippen molar-refractivity contribution in [2.45, 2.75) is 32.1 Å². The fourth-order valence-electron chi connectivity index (χ4n) is 2.10. The van der Waals surface area contributed by atoms with Crippen molar-refractivity contribution in [2.24, 2.45) is 0 Å². The molecule has 0 aliphatic carbocycles. The van der Waals surface area contributed by atoms with E-state index < -0.39 is 5.41 Å². The van der Waals surface area contributed by atoms with Crippen LogP contribution in [0.1, 0.15) is 36.5 Å². The third-order valence-corrected chi connectivity index (χ3v) is 3.35. The Balaban J connectivity index is 2.47. The van der Waals surface area contributed by atoms with E-state index in [9.17, 15) is 5.26 Å². The summed E-state index contributed by atoms with van der Waals surface area (Å²) in [6.45, 7) is 7.48. The predicted molar refractivity (Wildman–Crippen MR) is 63.4 cm³/mol. The Hall–Kier alpha value is -1.33. The van der Waals surface area contributed by atoms with E-state index in [1.54, 1.807) is 0 Å². The van der Waals surface area contributed by atoms with Crippen LogP contribution >= 0.6 is 0 Å². The molecule has 1 heterocycles. The average Bonchev–Trinajstić information content (AvgIpc) is 2.19. The zero-order chi connectivity index (χ0) is 11.8. The molecule has 1 aliphatic heterocycles. The van der Waals surface area contributed by atoms with E-state index >= 15 is 0 Å². The molecule has 0 aromatic heterocycles. The van der Waals surface area contributed by atoms with Gasteiger partial charge in [0, 0.05) is 0 Å². The van der Waals surface area contributed by atoms with Crippen LogP contribution in [0.5, 0.6) is 0 Å². The lowest BCUT2D eigenvalue weighted by Gasteiger charge is -2.36. The fraction of sp³-hybridized carbons (Fsp3) is 0.500. The van der Waals surface area contributed by atoms with Crippen LogP contribution in [0, 0.1) is 18.3 Å². The second kappa shape index (κ2) is 3.92. The van der Waals surface area contributed by atoms with Crippen molar-refractivity contribution in [3.63, 3.8) is 0 Å². The molecule has 84 valence electrons. The number of nitriles is 1. The Bertz CT molecular complexity index is 439.